The van der Waals surface area contributed by atoms with Crippen molar-refractivity contribution in [3.8, 4) is 5.75 Å². The van der Waals surface area contributed by atoms with E-state index < -0.39 is 6.10 Å². The quantitative estimate of drug-likeness (QED) is 0.881. The first-order chi connectivity index (χ1) is 10.6. The highest BCUT2D eigenvalue weighted by Crippen LogP contribution is 2.28. The third-order valence-electron chi connectivity index (χ3n) is 3.68. The monoisotopic (exact) mass is 357 g/mol. The smallest absolute Gasteiger partial charge is 0.139 e. The fourth-order valence-corrected chi connectivity index (χ4v) is 3.81. The number of ether oxygens (including phenoxy) is 1. The molecule has 1 aliphatic rings. The van der Waals surface area contributed by atoms with Gasteiger partial charge in [-0.05, 0) is 35.6 Å². The number of nitrogens with zero attached hydrogens (tertiary/aromatic N) is 1. The zero-order chi connectivity index (χ0) is 15.5. The van der Waals surface area contributed by atoms with Gasteiger partial charge in [-0.25, -0.2) is 0 Å². The van der Waals surface area contributed by atoms with E-state index in [0.29, 0.717) is 22.3 Å². The van der Waals surface area contributed by atoms with Gasteiger partial charge < -0.3 is 9.84 Å². The van der Waals surface area contributed by atoms with Crippen LogP contribution in [0.3, 0.4) is 0 Å². The highest BCUT2D eigenvalue weighted by atomic mass is 35.5. The molecule has 0 bridgehead atoms. The van der Waals surface area contributed by atoms with Crippen molar-refractivity contribution in [1.29, 1.82) is 0 Å². The van der Waals surface area contributed by atoms with Crippen LogP contribution in [0, 0.1) is 0 Å². The van der Waals surface area contributed by atoms with Gasteiger partial charge in [0.25, 0.3) is 0 Å². The molecule has 2 aromatic rings. The molecule has 0 saturated heterocycles. The highest BCUT2D eigenvalue weighted by molar-refractivity contribution is 7.10. The zero-order valence-corrected chi connectivity index (χ0v) is 14.3. The molecule has 6 heteroatoms. The minimum atomic E-state index is -0.560. The van der Waals surface area contributed by atoms with E-state index in [2.05, 4.69) is 16.3 Å². The first-order valence-corrected chi connectivity index (χ1v) is 8.79. The second-order valence-corrected chi connectivity index (χ2v) is 7.24. The maximum absolute atomic E-state index is 10.2. The number of benzene rings is 1. The lowest BCUT2D eigenvalue weighted by Crippen LogP contribution is -2.38. The summed E-state index contributed by atoms with van der Waals surface area (Å²) in [5.74, 6) is 0.506. The number of hydrogen-bond donors (Lipinski definition) is 1. The Bertz CT molecular complexity index is 647. The number of β-amino-alcohol motifs (C(OH)–C–C–N with tert-alkyl or cyclic N) is 1. The van der Waals surface area contributed by atoms with Crippen molar-refractivity contribution in [2.24, 2.45) is 0 Å². The molecule has 1 aliphatic heterocycles. The second kappa shape index (κ2) is 7.20. The summed E-state index contributed by atoms with van der Waals surface area (Å²) in [5, 5.41) is 13.4. The normalized spacial score (nSPS) is 16.3. The van der Waals surface area contributed by atoms with Crippen molar-refractivity contribution >= 4 is 34.5 Å². The van der Waals surface area contributed by atoms with Crippen molar-refractivity contribution in [2.75, 3.05) is 19.7 Å². The largest absolute Gasteiger partial charge is 0.489 e. The van der Waals surface area contributed by atoms with Gasteiger partial charge in [-0.3, -0.25) is 4.90 Å². The molecular formula is C16H17Cl2NO2S. The molecule has 118 valence electrons. The summed E-state index contributed by atoms with van der Waals surface area (Å²) in [6.07, 6.45) is 0.496. The third-order valence-corrected chi connectivity index (χ3v) is 5.25. The summed E-state index contributed by atoms with van der Waals surface area (Å²) < 4.78 is 5.58. The van der Waals surface area contributed by atoms with Crippen LogP contribution in [0.25, 0.3) is 0 Å². The molecule has 1 atom stereocenters. The van der Waals surface area contributed by atoms with Gasteiger partial charge in [-0.2, -0.15) is 0 Å². The van der Waals surface area contributed by atoms with Gasteiger partial charge in [-0.1, -0.05) is 23.2 Å². The van der Waals surface area contributed by atoms with Crippen LogP contribution in [0.4, 0.5) is 0 Å². The van der Waals surface area contributed by atoms with Crippen LogP contribution < -0.4 is 4.74 Å². The molecule has 3 rings (SSSR count). The van der Waals surface area contributed by atoms with Gasteiger partial charge in [-0.15, -0.1) is 11.3 Å². The molecule has 22 heavy (non-hydrogen) atoms. The Labute approximate surface area is 144 Å². The molecule has 1 aromatic heterocycles. The average Bonchev–Trinajstić information content (AvgIpc) is 2.96. The van der Waals surface area contributed by atoms with E-state index in [1.807, 2.05) is 11.3 Å². The minimum absolute atomic E-state index is 0.201. The molecule has 1 N–H and O–H groups in total. The summed E-state index contributed by atoms with van der Waals surface area (Å²) in [7, 11) is 0. The van der Waals surface area contributed by atoms with Crippen LogP contribution in [0.15, 0.2) is 29.6 Å². The van der Waals surface area contributed by atoms with Crippen molar-refractivity contribution in [3.05, 3.63) is 50.1 Å². The van der Waals surface area contributed by atoms with Gasteiger partial charge >= 0.3 is 0 Å². The minimum Gasteiger partial charge on any atom is -0.489 e. The Kier molecular flexibility index (Phi) is 5.26. The molecule has 0 aliphatic carbocycles. The van der Waals surface area contributed by atoms with E-state index in [4.69, 9.17) is 27.9 Å². The first kappa shape index (κ1) is 16.1. The average molecular weight is 358 g/mol. The summed E-state index contributed by atoms with van der Waals surface area (Å²) in [5.41, 5.74) is 1.38. The lowest BCUT2D eigenvalue weighted by atomic mass is 10.1. The van der Waals surface area contributed by atoms with Gasteiger partial charge in [0.2, 0.25) is 0 Å². The van der Waals surface area contributed by atoms with E-state index in [9.17, 15) is 5.11 Å². The first-order valence-electron chi connectivity index (χ1n) is 7.15. The van der Waals surface area contributed by atoms with Crippen molar-refractivity contribution in [3.63, 3.8) is 0 Å². The van der Waals surface area contributed by atoms with Crippen molar-refractivity contribution < 1.29 is 9.84 Å². The Balaban J connectivity index is 1.51. The third kappa shape index (κ3) is 3.94. The fourth-order valence-electron chi connectivity index (χ4n) is 2.59. The molecule has 2 heterocycles. The van der Waals surface area contributed by atoms with Crippen molar-refractivity contribution in [2.45, 2.75) is 19.1 Å². The summed E-state index contributed by atoms with van der Waals surface area (Å²) in [4.78, 5) is 3.72. The lowest BCUT2D eigenvalue weighted by molar-refractivity contribution is 0.0640. The van der Waals surface area contributed by atoms with E-state index in [-0.39, 0.29) is 6.61 Å². The molecular weight excluding hydrogens is 341 g/mol. The fraction of sp³-hybridized carbons (Fsp3) is 0.375. The van der Waals surface area contributed by atoms with E-state index >= 15 is 0 Å². The van der Waals surface area contributed by atoms with E-state index in [0.717, 1.165) is 19.5 Å². The zero-order valence-electron chi connectivity index (χ0n) is 12.0. The van der Waals surface area contributed by atoms with Gasteiger partial charge in [0.15, 0.2) is 0 Å². The molecule has 0 amide bonds. The highest BCUT2D eigenvalue weighted by Gasteiger charge is 2.20. The maximum atomic E-state index is 10.2. The number of aliphatic hydroxyl groups excluding tert-OH is 1. The number of rotatable bonds is 5. The summed E-state index contributed by atoms with van der Waals surface area (Å²) in [6, 6.07) is 7.23. The maximum Gasteiger partial charge on any atom is 0.139 e. The van der Waals surface area contributed by atoms with Crippen LogP contribution in [0.5, 0.6) is 5.75 Å². The summed E-state index contributed by atoms with van der Waals surface area (Å²) in [6.45, 7) is 2.66. The Morgan fingerprint density at radius 1 is 1.32 bits per heavy atom. The molecule has 1 aromatic carbocycles. The number of fused-ring (bicyclic) bond motifs is 1. The Morgan fingerprint density at radius 2 is 2.18 bits per heavy atom. The van der Waals surface area contributed by atoms with Gasteiger partial charge in [0.1, 0.15) is 18.5 Å². The van der Waals surface area contributed by atoms with Gasteiger partial charge in [0, 0.05) is 35.6 Å². The Morgan fingerprint density at radius 3 is 3.05 bits per heavy atom. The topological polar surface area (TPSA) is 32.7 Å². The standard InChI is InChI=1S/C16H17Cl2NO2S/c17-12-1-2-14(18)15(7-12)21-10-13(20)9-19-5-3-16-11(8-19)4-6-22-16/h1-2,4,6-7,13,20H,3,5,8-10H2/t13-/m1/s1. The van der Waals surface area contributed by atoms with E-state index in [1.54, 1.807) is 18.2 Å². The number of aliphatic hydroxyl groups is 1. The summed E-state index contributed by atoms with van der Waals surface area (Å²) >= 11 is 13.8. The second-order valence-electron chi connectivity index (χ2n) is 5.39. The van der Waals surface area contributed by atoms with Crippen LogP contribution in [-0.4, -0.2) is 35.8 Å². The lowest BCUT2D eigenvalue weighted by Gasteiger charge is -2.28. The molecule has 0 fully saturated rings. The van der Waals surface area contributed by atoms with Gasteiger partial charge in [0.05, 0.1) is 5.02 Å². The van der Waals surface area contributed by atoms with E-state index in [1.165, 1.54) is 10.4 Å². The Hall–Kier alpha value is -0.780. The van der Waals surface area contributed by atoms with Crippen LogP contribution in [-0.2, 0) is 13.0 Å². The molecule has 0 saturated carbocycles. The number of hydrogen-bond acceptors (Lipinski definition) is 4. The number of thiophene rings is 1. The SMILES string of the molecule is O[C@@H](COc1cc(Cl)ccc1Cl)CN1CCc2sccc2C1. The molecule has 0 radical (unpaired) electrons. The van der Waals surface area contributed by atoms with Crippen molar-refractivity contribution in [1.82, 2.24) is 4.90 Å². The van der Waals surface area contributed by atoms with Crippen LogP contribution in [0.1, 0.15) is 10.4 Å². The van der Waals surface area contributed by atoms with Crippen LogP contribution >= 0.6 is 34.5 Å². The molecule has 3 nitrogen and oxygen atoms in total. The van der Waals surface area contributed by atoms with Crippen LogP contribution in [0.2, 0.25) is 10.0 Å². The number of halogens is 2. The predicted octanol–water partition coefficient (Wildman–Crippen LogP) is 3.85. The predicted molar refractivity (Wildman–Crippen MR) is 91.3 cm³/mol. The molecule has 0 spiro atoms. The molecule has 0 unspecified atom stereocenters.